The Balaban J connectivity index is 1.52. The van der Waals surface area contributed by atoms with Crippen LogP contribution in [-0.2, 0) is 9.53 Å². The Morgan fingerprint density at radius 1 is 1.33 bits per heavy atom. The first-order chi connectivity index (χ1) is 10.1. The van der Waals surface area contributed by atoms with Gasteiger partial charge in [0.25, 0.3) is 0 Å². The molecule has 0 aromatic heterocycles. The van der Waals surface area contributed by atoms with Crippen molar-refractivity contribution in [3.63, 3.8) is 0 Å². The van der Waals surface area contributed by atoms with E-state index in [4.69, 9.17) is 4.74 Å². The molecule has 2 saturated carbocycles. The minimum Gasteiger partial charge on any atom is -0.392 e. The molecule has 0 aromatic rings. The number of amides is 1. The van der Waals surface area contributed by atoms with Gasteiger partial charge in [-0.1, -0.05) is 0 Å². The number of carbonyl (C=O) groups excluding carboxylic acids is 1. The van der Waals surface area contributed by atoms with E-state index in [-0.39, 0.29) is 23.7 Å². The van der Waals surface area contributed by atoms with Crippen molar-refractivity contribution in [3.05, 3.63) is 0 Å². The quantitative estimate of drug-likeness (QED) is 0.796. The molecule has 3 atom stereocenters. The van der Waals surface area contributed by atoms with E-state index in [1.807, 2.05) is 0 Å². The van der Waals surface area contributed by atoms with Crippen LogP contribution in [0.25, 0.3) is 0 Å². The third kappa shape index (κ3) is 3.25. The van der Waals surface area contributed by atoms with Crippen LogP contribution in [0.2, 0.25) is 0 Å². The molecule has 0 radical (unpaired) electrons. The normalized spacial score (nSPS) is 35.6. The van der Waals surface area contributed by atoms with Gasteiger partial charge in [0.05, 0.1) is 18.1 Å². The summed E-state index contributed by atoms with van der Waals surface area (Å²) in [6.45, 7) is 1.72. The van der Waals surface area contributed by atoms with Crippen molar-refractivity contribution in [2.75, 3.05) is 20.2 Å². The maximum atomic E-state index is 12.3. The summed E-state index contributed by atoms with van der Waals surface area (Å²) in [4.78, 5) is 14.7. The van der Waals surface area contributed by atoms with E-state index in [0.29, 0.717) is 12.5 Å². The van der Waals surface area contributed by atoms with Crippen LogP contribution in [-0.4, -0.2) is 59.9 Å². The Morgan fingerprint density at radius 2 is 2.14 bits per heavy atom. The lowest BCUT2D eigenvalue weighted by atomic mass is 9.77. The van der Waals surface area contributed by atoms with Crippen LogP contribution < -0.4 is 5.32 Å². The van der Waals surface area contributed by atoms with Crippen LogP contribution in [0.3, 0.4) is 0 Å². The molecule has 2 N–H and O–H groups in total. The molecule has 21 heavy (non-hydrogen) atoms. The number of aliphatic hydroxyl groups is 1. The SMILES string of the molecule is COC1(CC(=O)N[C@@H]2CCC[C@@H]2N2CCC(O)C2)CCC1. The fourth-order valence-electron chi connectivity index (χ4n) is 4.19. The molecule has 1 heterocycles. The van der Waals surface area contributed by atoms with Crippen LogP contribution in [0.5, 0.6) is 0 Å². The van der Waals surface area contributed by atoms with Crippen LogP contribution >= 0.6 is 0 Å². The van der Waals surface area contributed by atoms with Gasteiger partial charge in [-0.2, -0.15) is 0 Å². The molecule has 5 nitrogen and oxygen atoms in total. The predicted molar refractivity (Wildman–Crippen MR) is 80.0 cm³/mol. The summed E-state index contributed by atoms with van der Waals surface area (Å²) < 4.78 is 5.55. The molecular weight excluding hydrogens is 268 g/mol. The topological polar surface area (TPSA) is 61.8 Å². The zero-order valence-electron chi connectivity index (χ0n) is 13.0. The van der Waals surface area contributed by atoms with Crippen molar-refractivity contribution in [1.29, 1.82) is 0 Å². The van der Waals surface area contributed by atoms with Gasteiger partial charge in [-0.3, -0.25) is 9.69 Å². The van der Waals surface area contributed by atoms with Crippen LogP contribution in [0.15, 0.2) is 0 Å². The van der Waals surface area contributed by atoms with Gasteiger partial charge in [0.1, 0.15) is 0 Å². The number of methoxy groups -OCH3 is 1. The van der Waals surface area contributed by atoms with Crippen LogP contribution in [0, 0.1) is 0 Å². The van der Waals surface area contributed by atoms with Crippen molar-refractivity contribution in [3.8, 4) is 0 Å². The lowest BCUT2D eigenvalue weighted by Gasteiger charge is -2.40. The fourth-order valence-corrected chi connectivity index (χ4v) is 4.19. The molecule has 0 spiro atoms. The molecule has 1 unspecified atom stereocenters. The summed E-state index contributed by atoms with van der Waals surface area (Å²) in [7, 11) is 1.72. The Kier molecular flexibility index (Phi) is 4.52. The minimum absolute atomic E-state index is 0.133. The van der Waals surface area contributed by atoms with Crippen LogP contribution in [0.1, 0.15) is 51.4 Å². The average Bonchev–Trinajstić information content (AvgIpc) is 3.02. The van der Waals surface area contributed by atoms with Gasteiger partial charge in [0.15, 0.2) is 0 Å². The summed E-state index contributed by atoms with van der Waals surface area (Å²) >= 11 is 0. The molecular formula is C16H28N2O3. The number of β-amino-alcohol motifs (C(OH)–C–C–N with tert-alkyl or cyclic N) is 1. The number of nitrogens with one attached hydrogen (secondary N) is 1. The Labute approximate surface area is 127 Å². The van der Waals surface area contributed by atoms with Crippen molar-refractivity contribution in [1.82, 2.24) is 10.2 Å². The third-order valence-corrected chi connectivity index (χ3v) is 5.67. The highest BCUT2D eigenvalue weighted by Crippen LogP contribution is 2.38. The number of hydrogen-bond acceptors (Lipinski definition) is 4. The van der Waals surface area contributed by atoms with Gasteiger partial charge in [0, 0.05) is 32.3 Å². The Bertz CT molecular complexity index is 378. The number of hydrogen-bond donors (Lipinski definition) is 2. The van der Waals surface area contributed by atoms with Gasteiger partial charge in [0.2, 0.25) is 5.91 Å². The highest BCUT2D eigenvalue weighted by atomic mass is 16.5. The highest BCUT2D eigenvalue weighted by molar-refractivity contribution is 5.77. The molecule has 1 amide bonds. The van der Waals surface area contributed by atoms with Gasteiger partial charge in [-0.25, -0.2) is 0 Å². The maximum Gasteiger partial charge on any atom is 0.223 e. The minimum atomic E-state index is -0.192. The van der Waals surface area contributed by atoms with Gasteiger partial charge < -0.3 is 15.2 Å². The van der Waals surface area contributed by atoms with E-state index in [2.05, 4.69) is 10.2 Å². The fraction of sp³-hybridized carbons (Fsp3) is 0.938. The molecule has 0 bridgehead atoms. The zero-order chi connectivity index (χ0) is 14.9. The van der Waals surface area contributed by atoms with Crippen molar-refractivity contribution < 1.29 is 14.6 Å². The van der Waals surface area contributed by atoms with E-state index < -0.39 is 0 Å². The van der Waals surface area contributed by atoms with E-state index in [1.54, 1.807) is 7.11 Å². The second-order valence-electron chi connectivity index (χ2n) is 7.03. The number of rotatable bonds is 5. The monoisotopic (exact) mass is 296 g/mol. The standard InChI is InChI=1S/C16H28N2O3/c1-21-16(7-3-8-16)10-15(20)17-13-4-2-5-14(13)18-9-6-12(19)11-18/h12-14,19H,2-11H2,1H3,(H,17,20)/t12?,13-,14+/m1/s1. The smallest absolute Gasteiger partial charge is 0.223 e. The number of nitrogens with zero attached hydrogens (tertiary/aromatic N) is 1. The Hall–Kier alpha value is -0.650. The van der Waals surface area contributed by atoms with E-state index in [0.717, 1.165) is 51.6 Å². The summed E-state index contributed by atoms with van der Waals surface area (Å²) in [6.07, 6.45) is 7.70. The van der Waals surface area contributed by atoms with Gasteiger partial charge in [-0.15, -0.1) is 0 Å². The van der Waals surface area contributed by atoms with Gasteiger partial charge in [-0.05, 0) is 44.9 Å². The third-order valence-electron chi connectivity index (χ3n) is 5.67. The van der Waals surface area contributed by atoms with Gasteiger partial charge >= 0.3 is 0 Å². The number of likely N-dealkylation sites (tertiary alicyclic amines) is 1. The second kappa shape index (κ2) is 6.23. The summed E-state index contributed by atoms with van der Waals surface area (Å²) in [5, 5.41) is 12.9. The van der Waals surface area contributed by atoms with Crippen molar-refractivity contribution >= 4 is 5.91 Å². The molecule has 0 aromatic carbocycles. The van der Waals surface area contributed by atoms with Crippen molar-refractivity contribution in [2.45, 2.75) is 75.2 Å². The molecule has 5 heteroatoms. The lowest BCUT2D eigenvalue weighted by Crippen LogP contribution is -2.51. The zero-order valence-corrected chi connectivity index (χ0v) is 13.0. The lowest BCUT2D eigenvalue weighted by molar-refractivity contribution is -0.135. The first kappa shape index (κ1) is 15.3. The first-order valence-corrected chi connectivity index (χ1v) is 8.38. The first-order valence-electron chi connectivity index (χ1n) is 8.38. The van der Waals surface area contributed by atoms with E-state index in [1.165, 1.54) is 6.42 Å². The molecule has 120 valence electrons. The Morgan fingerprint density at radius 3 is 2.71 bits per heavy atom. The average molecular weight is 296 g/mol. The molecule has 3 fully saturated rings. The maximum absolute atomic E-state index is 12.3. The second-order valence-corrected chi connectivity index (χ2v) is 7.03. The molecule has 1 aliphatic heterocycles. The highest BCUT2D eigenvalue weighted by Gasteiger charge is 2.41. The van der Waals surface area contributed by atoms with E-state index in [9.17, 15) is 9.90 Å². The van der Waals surface area contributed by atoms with E-state index >= 15 is 0 Å². The molecule has 3 aliphatic rings. The molecule has 2 aliphatic carbocycles. The number of carbonyl (C=O) groups is 1. The summed E-state index contributed by atoms with van der Waals surface area (Å²) in [6, 6.07) is 0.655. The van der Waals surface area contributed by atoms with Crippen LogP contribution in [0.4, 0.5) is 0 Å². The molecule has 1 saturated heterocycles. The largest absolute Gasteiger partial charge is 0.392 e. The summed E-state index contributed by atoms with van der Waals surface area (Å²) in [5.74, 6) is 0.133. The van der Waals surface area contributed by atoms with Crippen molar-refractivity contribution in [2.24, 2.45) is 0 Å². The molecule has 3 rings (SSSR count). The predicted octanol–water partition coefficient (Wildman–Crippen LogP) is 1.05. The number of ether oxygens (including phenoxy) is 1. The summed E-state index contributed by atoms with van der Waals surface area (Å²) in [5.41, 5.74) is -0.192. The number of aliphatic hydroxyl groups excluding tert-OH is 1.